The second-order valence-electron chi connectivity index (χ2n) is 2.59. The first-order chi connectivity index (χ1) is 6.39. The van der Waals surface area contributed by atoms with E-state index in [9.17, 15) is 18.0 Å². The molecule has 1 heterocycles. The van der Waals surface area contributed by atoms with Gasteiger partial charge in [0.05, 0.1) is 0 Å². The highest BCUT2D eigenvalue weighted by atomic mass is 79.9. The van der Waals surface area contributed by atoms with Crippen molar-refractivity contribution in [3.63, 3.8) is 0 Å². The quantitative estimate of drug-likeness (QED) is 0.771. The van der Waals surface area contributed by atoms with E-state index >= 15 is 0 Å². The van der Waals surface area contributed by atoms with E-state index in [0.717, 1.165) is 0 Å². The lowest BCUT2D eigenvalue weighted by atomic mass is 10.1. The standard InChI is InChI=1S/C8H5BrF3NO/c9-7-2-1-5(4-13-7)3-6(14)8(10,11)12/h1-2,4H,3H2. The third-order valence-electron chi connectivity index (χ3n) is 1.47. The Balaban J connectivity index is 2.71. The van der Waals surface area contributed by atoms with Gasteiger partial charge < -0.3 is 0 Å². The molecule has 0 saturated carbocycles. The molecule has 76 valence electrons. The molecule has 0 spiro atoms. The van der Waals surface area contributed by atoms with Crippen LogP contribution in [0.15, 0.2) is 22.9 Å². The number of nitrogens with zero attached hydrogens (tertiary/aromatic N) is 1. The van der Waals surface area contributed by atoms with Crippen LogP contribution in [-0.2, 0) is 11.2 Å². The number of carbonyl (C=O) groups is 1. The number of halogens is 4. The molecule has 1 aromatic rings. The number of ketones is 1. The Morgan fingerprint density at radius 3 is 2.50 bits per heavy atom. The molecule has 0 unspecified atom stereocenters. The minimum atomic E-state index is -4.77. The molecule has 0 fully saturated rings. The van der Waals surface area contributed by atoms with Crippen LogP contribution in [0.3, 0.4) is 0 Å². The number of hydrogen-bond donors (Lipinski definition) is 0. The Labute approximate surface area is 86.3 Å². The maximum Gasteiger partial charge on any atom is 0.450 e. The first-order valence-corrected chi connectivity index (χ1v) is 4.39. The summed E-state index contributed by atoms with van der Waals surface area (Å²) in [5.41, 5.74) is 0.246. The number of aromatic nitrogens is 1. The number of hydrogen-bond acceptors (Lipinski definition) is 2. The molecular weight excluding hydrogens is 263 g/mol. The fraction of sp³-hybridized carbons (Fsp3) is 0.250. The van der Waals surface area contributed by atoms with Crippen LogP contribution >= 0.6 is 15.9 Å². The first kappa shape index (κ1) is 11.2. The highest BCUT2D eigenvalue weighted by Gasteiger charge is 2.37. The van der Waals surface area contributed by atoms with Crippen molar-refractivity contribution in [1.29, 1.82) is 0 Å². The molecule has 0 aromatic carbocycles. The van der Waals surface area contributed by atoms with Crippen LogP contribution in [-0.4, -0.2) is 16.9 Å². The zero-order valence-corrected chi connectivity index (χ0v) is 8.39. The van der Waals surface area contributed by atoms with Gasteiger partial charge in [0, 0.05) is 12.6 Å². The molecule has 0 aliphatic carbocycles. The second kappa shape index (κ2) is 4.08. The van der Waals surface area contributed by atoms with Gasteiger partial charge in [-0.1, -0.05) is 6.07 Å². The molecule has 0 radical (unpaired) electrons. The maximum absolute atomic E-state index is 11.8. The first-order valence-electron chi connectivity index (χ1n) is 3.60. The predicted molar refractivity (Wildman–Crippen MR) is 46.7 cm³/mol. The van der Waals surface area contributed by atoms with Crippen molar-refractivity contribution >= 4 is 21.7 Å². The summed E-state index contributed by atoms with van der Waals surface area (Å²) in [4.78, 5) is 14.3. The van der Waals surface area contributed by atoms with Gasteiger partial charge in [0.25, 0.3) is 0 Å². The highest BCUT2D eigenvalue weighted by molar-refractivity contribution is 9.10. The van der Waals surface area contributed by atoms with Crippen LogP contribution in [0.2, 0.25) is 0 Å². The molecule has 0 aliphatic rings. The molecule has 0 bridgehead atoms. The van der Waals surface area contributed by atoms with Crippen LogP contribution in [0.4, 0.5) is 13.2 Å². The summed E-state index contributed by atoms with van der Waals surface area (Å²) in [6, 6.07) is 2.90. The van der Waals surface area contributed by atoms with Gasteiger partial charge in [0.2, 0.25) is 5.78 Å². The number of Topliss-reactive ketones (excluding diaryl/α,β-unsaturated/α-hetero) is 1. The maximum atomic E-state index is 11.8. The summed E-state index contributed by atoms with van der Waals surface area (Å²) in [7, 11) is 0. The molecule has 1 rings (SSSR count). The molecule has 14 heavy (non-hydrogen) atoms. The normalized spacial score (nSPS) is 11.4. The van der Waals surface area contributed by atoms with E-state index < -0.39 is 18.4 Å². The van der Waals surface area contributed by atoms with E-state index in [4.69, 9.17) is 0 Å². The lowest BCUT2D eigenvalue weighted by molar-refractivity contribution is -0.170. The Morgan fingerprint density at radius 2 is 2.07 bits per heavy atom. The van der Waals surface area contributed by atoms with Crippen molar-refractivity contribution in [2.24, 2.45) is 0 Å². The van der Waals surface area contributed by atoms with E-state index in [1.54, 1.807) is 0 Å². The van der Waals surface area contributed by atoms with Crippen LogP contribution in [0.1, 0.15) is 5.56 Å². The van der Waals surface area contributed by atoms with Crippen LogP contribution < -0.4 is 0 Å². The summed E-state index contributed by atoms with van der Waals surface area (Å²) in [6.07, 6.45) is -4.20. The van der Waals surface area contributed by atoms with Crippen molar-refractivity contribution in [2.75, 3.05) is 0 Å². The summed E-state index contributed by atoms with van der Waals surface area (Å²) >= 11 is 3.03. The summed E-state index contributed by atoms with van der Waals surface area (Å²) in [6.45, 7) is 0. The zero-order valence-electron chi connectivity index (χ0n) is 6.81. The minimum Gasteiger partial charge on any atom is -0.289 e. The van der Waals surface area contributed by atoms with Gasteiger partial charge in [-0.05, 0) is 27.6 Å². The molecule has 0 N–H and O–H groups in total. The third-order valence-corrected chi connectivity index (χ3v) is 1.94. The molecular formula is C8H5BrF3NO. The van der Waals surface area contributed by atoms with Gasteiger partial charge in [-0.3, -0.25) is 4.79 Å². The molecule has 0 atom stereocenters. The average molecular weight is 268 g/mol. The Bertz CT molecular complexity index is 333. The van der Waals surface area contributed by atoms with Crippen molar-refractivity contribution in [2.45, 2.75) is 12.6 Å². The number of rotatable bonds is 2. The van der Waals surface area contributed by atoms with E-state index in [1.807, 2.05) is 0 Å². The average Bonchev–Trinajstić information content (AvgIpc) is 2.07. The monoisotopic (exact) mass is 267 g/mol. The smallest absolute Gasteiger partial charge is 0.289 e. The Morgan fingerprint density at radius 1 is 1.43 bits per heavy atom. The summed E-state index contributed by atoms with van der Waals surface area (Å²) in [5.74, 6) is -1.76. The summed E-state index contributed by atoms with van der Waals surface area (Å²) < 4.78 is 36.0. The minimum absolute atomic E-state index is 0.246. The van der Waals surface area contributed by atoms with E-state index in [2.05, 4.69) is 20.9 Å². The Hall–Kier alpha value is -0.910. The van der Waals surface area contributed by atoms with E-state index in [1.165, 1.54) is 18.3 Å². The number of alkyl halides is 3. The lowest BCUT2D eigenvalue weighted by Crippen LogP contribution is -2.24. The van der Waals surface area contributed by atoms with Crippen molar-refractivity contribution in [1.82, 2.24) is 4.98 Å². The number of pyridine rings is 1. The molecule has 2 nitrogen and oxygen atoms in total. The van der Waals surface area contributed by atoms with Crippen molar-refractivity contribution < 1.29 is 18.0 Å². The molecule has 6 heteroatoms. The van der Waals surface area contributed by atoms with Gasteiger partial charge in [-0.25, -0.2) is 4.98 Å². The van der Waals surface area contributed by atoms with E-state index in [0.29, 0.717) is 4.60 Å². The largest absolute Gasteiger partial charge is 0.450 e. The molecule has 0 saturated heterocycles. The molecule has 0 amide bonds. The molecule has 1 aromatic heterocycles. The van der Waals surface area contributed by atoms with Gasteiger partial charge in [-0.2, -0.15) is 13.2 Å². The zero-order chi connectivity index (χ0) is 10.8. The van der Waals surface area contributed by atoms with Gasteiger partial charge in [0.15, 0.2) is 0 Å². The highest BCUT2D eigenvalue weighted by Crippen LogP contribution is 2.18. The van der Waals surface area contributed by atoms with Gasteiger partial charge in [0.1, 0.15) is 4.60 Å². The SMILES string of the molecule is O=C(Cc1ccc(Br)nc1)C(F)(F)F. The number of carbonyl (C=O) groups excluding carboxylic acids is 1. The fourth-order valence-electron chi connectivity index (χ4n) is 0.797. The van der Waals surface area contributed by atoms with Crippen molar-refractivity contribution in [3.8, 4) is 0 Å². The van der Waals surface area contributed by atoms with Crippen LogP contribution in [0.25, 0.3) is 0 Å². The topological polar surface area (TPSA) is 30.0 Å². The fourth-order valence-corrected chi connectivity index (χ4v) is 1.03. The van der Waals surface area contributed by atoms with Crippen molar-refractivity contribution in [3.05, 3.63) is 28.5 Å². The van der Waals surface area contributed by atoms with Crippen LogP contribution in [0.5, 0.6) is 0 Å². The van der Waals surface area contributed by atoms with E-state index in [-0.39, 0.29) is 5.56 Å². The second-order valence-corrected chi connectivity index (χ2v) is 3.40. The van der Waals surface area contributed by atoms with Gasteiger partial charge in [-0.15, -0.1) is 0 Å². The Kier molecular flexibility index (Phi) is 3.25. The summed E-state index contributed by atoms with van der Waals surface area (Å²) in [5, 5.41) is 0. The molecule has 0 aliphatic heterocycles. The third kappa shape index (κ3) is 3.10. The van der Waals surface area contributed by atoms with Crippen LogP contribution in [0, 0.1) is 0 Å². The van der Waals surface area contributed by atoms with Gasteiger partial charge >= 0.3 is 6.18 Å². The predicted octanol–water partition coefficient (Wildman–Crippen LogP) is 2.52. The lowest BCUT2D eigenvalue weighted by Gasteiger charge is -2.04.